The molecule has 3 N–H and O–H groups in total. The fourth-order valence-corrected chi connectivity index (χ4v) is 3.87. The number of anilines is 5. The molecule has 0 saturated heterocycles. The molecule has 4 aromatic heterocycles. The third kappa shape index (κ3) is 8.80. The van der Waals surface area contributed by atoms with Crippen LogP contribution in [-0.2, 0) is 0 Å². The largest absolute Gasteiger partial charge is 0.370 e. The minimum absolute atomic E-state index is 0.256. The van der Waals surface area contributed by atoms with E-state index in [0.29, 0.717) is 28.4 Å². The van der Waals surface area contributed by atoms with Crippen LogP contribution in [0.3, 0.4) is 0 Å². The van der Waals surface area contributed by atoms with Gasteiger partial charge in [0.15, 0.2) is 11.4 Å². The van der Waals surface area contributed by atoms with Crippen LogP contribution in [0, 0.1) is 28.6 Å². The second kappa shape index (κ2) is 14.1. The van der Waals surface area contributed by atoms with E-state index in [0.717, 1.165) is 18.3 Å². The van der Waals surface area contributed by atoms with Gasteiger partial charge in [0.1, 0.15) is 59.0 Å². The van der Waals surface area contributed by atoms with Crippen molar-refractivity contribution in [3.8, 4) is 12.1 Å². The summed E-state index contributed by atoms with van der Waals surface area (Å²) in [6.07, 6.45) is 15.2. The van der Waals surface area contributed by atoms with E-state index >= 15 is 0 Å². The molecule has 4 heterocycles. The summed E-state index contributed by atoms with van der Waals surface area (Å²) in [4.78, 5) is 32.0. The standard InChI is InChI=1S/C16H19N7.C9H5ClN6/c17-7-13-9-20-16(10-18-13)23-15-6-14(21-11-22-15)19-8-12-4-2-1-3-5-12;10-7-1-8(15-5-14-7)16-9-4-12-6(2-11)3-13-9/h6,9-12H,1-5,8H2,(H2,19,20,21,22,23);1,3-5H,(H,13,14,15,16). The zero-order valence-corrected chi connectivity index (χ0v) is 21.5. The number of nitrogens with zero attached hydrogens (tertiary/aromatic N) is 10. The Morgan fingerprint density at radius 2 is 1.23 bits per heavy atom. The van der Waals surface area contributed by atoms with Gasteiger partial charge in [0.05, 0.1) is 24.8 Å². The molecule has 0 atom stereocenters. The first-order valence-electron chi connectivity index (χ1n) is 12.1. The summed E-state index contributed by atoms with van der Waals surface area (Å²) < 4.78 is 0. The van der Waals surface area contributed by atoms with Gasteiger partial charge < -0.3 is 16.0 Å². The summed E-state index contributed by atoms with van der Waals surface area (Å²) in [5, 5.41) is 26.9. The fraction of sp³-hybridized carbons (Fsp3) is 0.280. The van der Waals surface area contributed by atoms with Crippen molar-refractivity contribution in [1.82, 2.24) is 39.9 Å². The molecule has 14 heteroatoms. The van der Waals surface area contributed by atoms with Crippen LogP contribution in [0.1, 0.15) is 43.5 Å². The Bertz CT molecular complexity index is 1430. The van der Waals surface area contributed by atoms with Crippen molar-refractivity contribution in [3.63, 3.8) is 0 Å². The van der Waals surface area contributed by atoms with Gasteiger partial charge in [-0.25, -0.2) is 39.9 Å². The average molecular weight is 542 g/mol. The van der Waals surface area contributed by atoms with E-state index in [4.69, 9.17) is 22.1 Å². The molecule has 4 aromatic rings. The van der Waals surface area contributed by atoms with E-state index in [9.17, 15) is 0 Å². The number of aromatic nitrogens is 8. The van der Waals surface area contributed by atoms with E-state index in [2.05, 4.69) is 55.8 Å². The lowest BCUT2D eigenvalue weighted by atomic mass is 9.89. The molecule has 39 heavy (non-hydrogen) atoms. The Morgan fingerprint density at radius 3 is 1.77 bits per heavy atom. The van der Waals surface area contributed by atoms with Gasteiger partial charge in [-0.05, 0) is 18.8 Å². The van der Waals surface area contributed by atoms with Crippen LogP contribution in [0.25, 0.3) is 0 Å². The minimum Gasteiger partial charge on any atom is -0.370 e. The highest BCUT2D eigenvalue weighted by atomic mass is 35.5. The van der Waals surface area contributed by atoms with Crippen molar-refractivity contribution in [1.29, 1.82) is 10.5 Å². The van der Waals surface area contributed by atoms with E-state index in [1.807, 2.05) is 18.2 Å². The lowest BCUT2D eigenvalue weighted by Gasteiger charge is -2.22. The third-order valence-corrected chi connectivity index (χ3v) is 5.85. The maximum Gasteiger partial charge on any atom is 0.158 e. The van der Waals surface area contributed by atoms with Gasteiger partial charge in [-0.2, -0.15) is 10.5 Å². The predicted molar refractivity (Wildman–Crippen MR) is 144 cm³/mol. The summed E-state index contributed by atoms with van der Waals surface area (Å²) in [5.74, 6) is 3.72. The van der Waals surface area contributed by atoms with Crippen molar-refractivity contribution in [2.45, 2.75) is 32.1 Å². The van der Waals surface area contributed by atoms with E-state index in [-0.39, 0.29) is 11.4 Å². The summed E-state index contributed by atoms with van der Waals surface area (Å²) in [6, 6.07) is 7.22. The maximum absolute atomic E-state index is 8.72. The van der Waals surface area contributed by atoms with Crippen molar-refractivity contribution < 1.29 is 0 Å². The van der Waals surface area contributed by atoms with Gasteiger partial charge in [0.25, 0.3) is 0 Å². The molecular formula is C25H24ClN13. The molecule has 1 aliphatic carbocycles. The lowest BCUT2D eigenvalue weighted by Crippen LogP contribution is -2.17. The molecule has 0 amide bonds. The van der Waals surface area contributed by atoms with Crippen LogP contribution < -0.4 is 16.0 Å². The van der Waals surface area contributed by atoms with Crippen LogP contribution in [-0.4, -0.2) is 46.4 Å². The molecule has 5 rings (SSSR count). The van der Waals surface area contributed by atoms with E-state index in [1.165, 1.54) is 69.5 Å². The molecule has 0 aromatic carbocycles. The Kier molecular flexibility index (Phi) is 9.75. The van der Waals surface area contributed by atoms with Gasteiger partial charge in [-0.3, -0.25) is 0 Å². The summed E-state index contributed by atoms with van der Waals surface area (Å²) >= 11 is 5.69. The number of halogens is 1. The number of nitrogens with one attached hydrogen (secondary N) is 3. The van der Waals surface area contributed by atoms with Gasteiger partial charge in [-0.15, -0.1) is 0 Å². The monoisotopic (exact) mass is 541 g/mol. The first-order chi connectivity index (χ1) is 19.1. The van der Waals surface area contributed by atoms with Crippen molar-refractivity contribution in [2.24, 2.45) is 5.92 Å². The summed E-state index contributed by atoms with van der Waals surface area (Å²) in [7, 11) is 0. The molecular weight excluding hydrogens is 518 g/mol. The molecule has 0 bridgehead atoms. The fourth-order valence-electron chi connectivity index (χ4n) is 3.73. The summed E-state index contributed by atoms with van der Waals surface area (Å²) in [6.45, 7) is 0.952. The van der Waals surface area contributed by atoms with Crippen molar-refractivity contribution in [3.05, 3.63) is 66.1 Å². The Hall–Kier alpha value is -5.01. The predicted octanol–water partition coefficient (Wildman–Crippen LogP) is 4.41. The normalized spacial score (nSPS) is 12.7. The zero-order valence-electron chi connectivity index (χ0n) is 20.8. The lowest BCUT2D eigenvalue weighted by molar-refractivity contribution is 0.373. The minimum atomic E-state index is 0.256. The molecule has 0 aliphatic heterocycles. The van der Waals surface area contributed by atoms with Crippen molar-refractivity contribution >= 4 is 40.7 Å². The summed E-state index contributed by atoms with van der Waals surface area (Å²) in [5.41, 5.74) is 0.541. The molecule has 196 valence electrons. The molecule has 0 radical (unpaired) electrons. The van der Waals surface area contributed by atoms with E-state index in [1.54, 1.807) is 6.07 Å². The van der Waals surface area contributed by atoms with Gasteiger partial charge >= 0.3 is 0 Å². The highest BCUT2D eigenvalue weighted by Crippen LogP contribution is 2.24. The van der Waals surface area contributed by atoms with Crippen LogP contribution in [0.15, 0.2) is 49.6 Å². The zero-order chi connectivity index (χ0) is 27.3. The maximum atomic E-state index is 8.72. The highest BCUT2D eigenvalue weighted by Gasteiger charge is 2.13. The molecule has 0 spiro atoms. The Labute approximate surface area is 229 Å². The van der Waals surface area contributed by atoms with Gasteiger partial charge in [-0.1, -0.05) is 30.9 Å². The van der Waals surface area contributed by atoms with Crippen LogP contribution in [0.5, 0.6) is 0 Å². The molecule has 0 unspecified atom stereocenters. The van der Waals surface area contributed by atoms with Crippen molar-refractivity contribution in [2.75, 3.05) is 22.5 Å². The highest BCUT2D eigenvalue weighted by molar-refractivity contribution is 6.29. The first kappa shape index (κ1) is 27.0. The molecule has 1 saturated carbocycles. The van der Waals surface area contributed by atoms with Crippen LogP contribution in [0.2, 0.25) is 5.15 Å². The Morgan fingerprint density at radius 1 is 0.667 bits per heavy atom. The quantitative estimate of drug-likeness (QED) is 0.279. The average Bonchev–Trinajstić information content (AvgIpc) is 2.98. The number of nitriles is 2. The third-order valence-electron chi connectivity index (χ3n) is 5.64. The van der Waals surface area contributed by atoms with Gasteiger partial charge in [0.2, 0.25) is 0 Å². The number of rotatable bonds is 7. The number of hydrogen-bond acceptors (Lipinski definition) is 13. The topological polar surface area (TPSA) is 187 Å². The SMILES string of the molecule is N#Cc1cnc(Nc2cc(Cl)ncn2)cn1.N#Cc1cnc(Nc2cc(NCC3CCCCC3)ncn2)cn1. The molecule has 1 fully saturated rings. The number of hydrogen-bond donors (Lipinski definition) is 3. The second-order valence-corrected chi connectivity index (χ2v) is 8.83. The van der Waals surface area contributed by atoms with Gasteiger partial charge in [0, 0.05) is 18.7 Å². The van der Waals surface area contributed by atoms with Crippen LogP contribution in [0.4, 0.5) is 29.1 Å². The Balaban J connectivity index is 0.000000193. The second-order valence-electron chi connectivity index (χ2n) is 8.45. The van der Waals surface area contributed by atoms with E-state index < -0.39 is 0 Å². The molecule has 13 nitrogen and oxygen atoms in total. The molecule has 1 aliphatic rings. The smallest absolute Gasteiger partial charge is 0.158 e. The van der Waals surface area contributed by atoms with Crippen LogP contribution >= 0.6 is 11.6 Å². The first-order valence-corrected chi connectivity index (χ1v) is 12.5.